The van der Waals surface area contributed by atoms with Gasteiger partial charge in [-0.25, -0.2) is 4.79 Å². The van der Waals surface area contributed by atoms with Crippen molar-refractivity contribution in [3.8, 4) is 0 Å². The molecule has 5 heteroatoms. The van der Waals surface area contributed by atoms with Crippen LogP contribution in [0.1, 0.15) is 12.0 Å². The zero-order valence-electron chi connectivity index (χ0n) is 8.30. The lowest BCUT2D eigenvalue weighted by Crippen LogP contribution is -2.37. The number of carbonyl (C=O) groups excluding carboxylic acids is 2. The predicted octanol–water partition coefficient (Wildman–Crippen LogP) is 0.794. The highest BCUT2D eigenvalue weighted by molar-refractivity contribution is 7.80. The van der Waals surface area contributed by atoms with Gasteiger partial charge in [-0.3, -0.25) is 4.79 Å². The molecule has 0 radical (unpaired) electrons. The number of benzene rings is 1. The van der Waals surface area contributed by atoms with E-state index in [0.29, 0.717) is 4.99 Å². The van der Waals surface area contributed by atoms with E-state index >= 15 is 0 Å². The van der Waals surface area contributed by atoms with Gasteiger partial charge in [-0.15, -0.1) is 0 Å². The molecule has 1 fully saturated rings. The molecule has 0 unspecified atom stereocenters. The highest BCUT2D eigenvalue weighted by atomic mass is 32.1. The molecule has 82 valence electrons. The lowest BCUT2D eigenvalue weighted by Gasteiger charge is -2.10. The molecule has 0 aromatic heterocycles. The molecule has 1 aliphatic rings. The molecule has 16 heavy (non-hydrogen) atoms. The summed E-state index contributed by atoms with van der Waals surface area (Å²) in [6.45, 7) is 0. The van der Waals surface area contributed by atoms with Gasteiger partial charge in [-0.1, -0.05) is 42.5 Å². The van der Waals surface area contributed by atoms with Crippen LogP contribution in [-0.4, -0.2) is 23.0 Å². The first-order valence-electron chi connectivity index (χ1n) is 4.77. The van der Waals surface area contributed by atoms with Gasteiger partial charge in [0.2, 0.25) is 0 Å². The number of ether oxygens (including phenoxy) is 1. The summed E-state index contributed by atoms with van der Waals surface area (Å²) >= 11 is 5.12. The van der Waals surface area contributed by atoms with Crippen molar-refractivity contribution in [1.29, 1.82) is 0 Å². The van der Waals surface area contributed by atoms with Crippen LogP contribution < -0.4 is 5.32 Å². The van der Waals surface area contributed by atoms with Crippen LogP contribution in [0, 0.1) is 0 Å². The third-order valence-electron chi connectivity index (χ3n) is 2.21. The second-order valence-electron chi connectivity index (χ2n) is 3.39. The van der Waals surface area contributed by atoms with Crippen LogP contribution in [0.3, 0.4) is 0 Å². The van der Waals surface area contributed by atoms with E-state index in [9.17, 15) is 9.59 Å². The number of cyclic esters (lactones) is 2. The molecule has 1 saturated heterocycles. The SMILES string of the molecule is O=C1C[C@H](NC(=S)c2ccccc2)C(=O)O1. The van der Waals surface area contributed by atoms with Crippen LogP contribution in [0.15, 0.2) is 30.3 Å². The van der Waals surface area contributed by atoms with Crippen molar-refractivity contribution in [2.75, 3.05) is 0 Å². The van der Waals surface area contributed by atoms with Gasteiger partial charge in [0, 0.05) is 5.56 Å². The molecule has 1 atom stereocenters. The van der Waals surface area contributed by atoms with Gasteiger partial charge in [0.1, 0.15) is 11.0 Å². The minimum atomic E-state index is -0.653. The molecule has 1 aromatic carbocycles. The number of thiocarbonyl (C=S) groups is 1. The third-order valence-corrected chi connectivity index (χ3v) is 2.56. The lowest BCUT2D eigenvalue weighted by atomic mass is 10.2. The Balaban J connectivity index is 2.03. The van der Waals surface area contributed by atoms with Crippen LogP contribution in [0.5, 0.6) is 0 Å². The van der Waals surface area contributed by atoms with Gasteiger partial charge in [0.05, 0.1) is 6.42 Å². The quantitative estimate of drug-likeness (QED) is 0.466. The lowest BCUT2D eigenvalue weighted by molar-refractivity contribution is -0.152. The minimum absolute atomic E-state index is 0.0335. The summed E-state index contributed by atoms with van der Waals surface area (Å²) in [5, 5.41) is 2.81. The summed E-state index contributed by atoms with van der Waals surface area (Å²) in [6.07, 6.45) is 0.0335. The third kappa shape index (κ3) is 2.25. The average molecular weight is 235 g/mol. The van der Waals surface area contributed by atoms with Crippen molar-refractivity contribution in [1.82, 2.24) is 5.32 Å². The van der Waals surface area contributed by atoms with Gasteiger partial charge in [0.25, 0.3) is 0 Å². The molecular formula is C11H9NO3S. The van der Waals surface area contributed by atoms with E-state index < -0.39 is 18.0 Å². The van der Waals surface area contributed by atoms with Gasteiger partial charge in [-0.2, -0.15) is 0 Å². The molecule has 1 aromatic rings. The maximum absolute atomic E-state index is 11.2. The van der Waals surface area contributed by atoms with Gasteiger partial charge >= 0.3 is 11.9 Å². The van der Waals surface area contributed by atoms with Crippen LogP contribution in [0.4, 0.5) is 0 Å². The number of rotatable bonds is 2. The van der Waals surface area contributed by atoms with Gasteiger partial charge in [0.15, 0.2) is 0 Å². The van der Waals surface area contributed by atoms with Gasteiger partial charge < -0.3 is 10.1 Å². The normalized spacial score (nSPS) is 19.4. The number of carbonyl (C=O) groups is 2. The summed E-state index contributed by atoms with van der Waals surface area (Å²) < 4.78 is 4.41. The summed E-state index contributed by atoms with van der Waals surface area (Å²) in [4.78, 5) is 22.5. The summed E-state index contributed by atoms with van der Waals surface area (Å²) in [6, 6.07) is 8.58. The minimum Gasteiger partial charge on any atom is -0.392 e. The van der Waals surface area contributed by atoms with Crippen molar-refractivity contribution >= 4 is 29.1 Å². The zero-order valence-corrected chi connectivity index (χ0v) is 9.12. The van der Waals surface area contributed by atoms with Crippen molar-refractivity contribution in [3.63, 3.8) is 0 Å². The topological polar surface area (TPSA) is 55.4 Å². The molecule has 1 aliphatic heterocycles. The first kappa shape index (κ1) is 10.8. The number of nitrogens with one attached hydrogen (secondary N) is 1. The Hall–Kier alpha value is -1.75. The van der Waals surface area contributed by atoms with Crippen LogP contribution in [0.2, 0.25) is 0 Å². The van der Waals surface area contributed by atoms with E-state index in [1.54, 1.807) is 0 Å². The van der Waals surface area contributed by atoms with E-state index in [0.717, 1.165) is 5.56 Å². The Morgan fingerprint density at radius 3 is 2.56 bits per heavy atom. The van der Waals surface area contributed by atoms with Crippen molar-refractivity contribution in [2.45, 2.75) is 12.5 Å². The fourth-order valence-electron chi connectivity index (χ4n) is 1.42. The number of hydrogen-bond donors (Lipinski definition) is 1. The molecular weight excluding hydrogens is 226 g/mol. The van der Waals surface area contributed by atoms with E-state index in [1.165, 1.54) is 0 Å². The second-order valence-corrected chi connectivity index (χ2v) is 3.80. The molecule has 1 N–H and O–H groups in total. The largest absolute Gasteiger partial charge is 0.392 e. The maximum Gasteiger partial charge on any atom is 0.336 e. The van der Waals surface area contributed by atoms with Gasteiger partial charge in [-0.05, 0) is 0 Å². The Morgan fingerprint density at radius 1 is 1.31 bits per heavy atom. The highest BCUT2D eigenvalue weighted by Gasteiger charge is 2.33. The molecule has 1 heterocycles. The van der Waals surface area contributed by atoms with Crippen LogP contribution >= 0.6 is 12.2 Å². The summed E-state index contributed by atoms with van der Waals surface area (Å²) in [7, 11) is 0. The first-order valence-corrected chi connectivity index (χ1v) is 5.18. The van der Waals surface area contributed by atoms with E-state index in [-0.39, 0.29) is 6.42 Å². The average Bonchev–Trinajstić information content (AvgIpc) is 2.59. The summed E-state index contributed by atoms with van der Waals surface area (Å²) in [5.74, 6) is -1.08. The standard InChI is InChI=1S/C11H9NO3S/c13-9-6-8(11(14)15-9)12-10(16)7-4-2-1-3-5-7/h1-5,8H,6H2,(H,12,16)/t8-/m0/s1. The Labute approximate surface area is 97.6 Å². The molecule has 0 bridgehead atoms. The fourth-order valence-corrected chi connectivity index (χ4v) is 1.69. The summed E-state index contributed by atoms with van der Waals surface area (Å²) in [5.41, 5.74) is 0.810. The Bertz CT molecular complexity index is 444. The van der Waals surface area contributed by atoms with E-state index in [1.807, 2.05) is 30.3 Å². The number of esters is 2. The highest BCUT2D eigenvalue weighted by Crippen LogP contribution is 2.09. The van der Waals surface area contributed by atoms with E-state index in [4.69, 9.17) is 12.2 Å². The fraction of sp³-hybridized carbons (Fsp3) is 0.182. The monoisotopic (exact) mass is 235 g/mol. The van der Waals surface area contributed by atoms with Crippen LogP contribution in [0.25, 0.3) is 0 Å². The second kappa shape index (κ2) is 4.40. The van der Waals surface area contributed by atoms with Crippen molar-refractivity contribution < 1.29 is 14.3 Å². The van der Waals surface area contributed by atoms with Crippen molar-refractivity contribution in [3.05, 3.63) is 35.9 Å². The molecule has 0 saturated carbocycles. The molecule has 0 aliphatic carbocycles. The molecule has 2 rings (SSSR count). The van der Waals surface area contributed by atoms with Crippen molar-refractivity contribution in [2.24, 2.45) is 0 Å². The first-order chi connectivity index (χ1) is 7.66. The smallest absolute Gasteiger partial charge is 0.336 e. The molecule has 4 nitrogen and oxygen atoms in total. The zero-order chi connectivity index (χ0) is 11.5. The predicted molar refractivity (Wildman–Crippen MR) is 60.8 cm³/mol. The van der Waals surface area contributed by atoms with Crippen LogP contribution in [-0.2, 0) is 14.3 Å². The van der Waals surface area contributed by atoms with E-state index in [2.05, 4.69) is 10.1 Å². The number of hydrogen-bond acceptors (Lipinski definition) is 4. The Kier molecular flexibility index (Phi) is 2.96. The molecule has 0 amide bonds. The Morgan fingerprint density at radius 2 is 2.00 bits per heavy atom. The maximum atomic E-state index is 11.2. The molecule has 0 spiro atoms.